The van der Waals surface area contributed by atoms with Crippen molar-refractivity contribution in [3.63, 3.8) is 0 Å². The molecule has 4 heterocycles. The molecule has 5 rings (SSSR count). The Labute approximate surface area is 230 Å². The van der Waals surface area contributed by atoms with Crippen molar-refractivity contribution in [2.75, 3.05) is 46.0 Å². The smallest absolute Gasteiger partial charge is 0.245 e. The Bertz CT molecular complexity index is 1060. The highest BCUT2D eigenvalue weighted by molar-refractivity contribution is 5.99. The molecule has 6 atom stereocenters. The standard InChI is InChI=1S/C29H42N4O6/c1-19(2)21(18-34)33-24(26(36)30-11-12-32-13-15-38-16-14-32)29-10-9-28(3,39-29)22(23(29)27(33)37)25(35)31-17-20-7-5-4-6-8-20/h4-8,19,21-24,34H,9-18H2,1-3H3,(H,30,36)(H,31,35)/t21-,22+,23-,24?,28-,29?/m0/s1. The van der Waals surface area contributed by atoms with Crippen molar-refractivity contribution in [3.8, 4) is 0 Å². The first kappa shape index (κ1) is 28.0. The molecule has 2 bridgehead atoms. The van der Waals surface area contributed by atoms with Crippen molar-refractivity contribution >= 4 is 17.7 Å². The van der Waals surface area contributed by atoms with E-state index in [1.807, 2.05) is 51.1 Å². The SMILES string of the molecule is CC(C)[C@H](CO)N1C(=O)[C@@H]2[C@H](C(=O)NCc3ccccc3)[C@]3(C)CCC2(O3)C1C(=O)NCCN1CCOCC1. The molecule has 0 radical (unpaired) electrons. The predicted molar refractivity (Wildman–Crippen MR) is 143 cm³/mol. The normalized spacial score (nSPS) is 32.9. The largest absolute Gasteiger partial charge is 0.394 e. The molecular formula is C29H42N4O6. The van der Waals surface area contributed by atoms with Gasteiger partial charge in [-0.25, -0.2) is 0 Å². The molecule has 4 aliphatic rings. The summed E-state index contributed by atoms with van der Waals surface area (Å²) in [6.45, 7) is 9.93. The van der Waals surface area contributed by atoms with Gasteiger partial charge >= 0.3 is 0 Å². The van der Waals surface area contributed by atoms with Gasteiger partial charge in [-0.2, -0.15) is 0 Å². The van der Waals surface area contributed by atoms with Crippen LogP contribution in [0.2, 0.25) is 0 Å². The van der Waals surface area contributed by atoms with Crippen molar-refractivity contribution in [1.29, 1.82) is 0 Å². The number of hydrogen-bond donors (Lipinski definition) is 3. The minimum absolute atomic E-state index is 0.0871. The Kier molecular flexibility index (Phi) is 8.01. The zero-order valence-electron chi connectivity index (χ0n) is 23.2. The highest BCUT2D eigenvalue weighted by atomic mass is 16.5. The van der Waals surface area contributed by atoms with Gasteiger partial charge in [-0.3, -0.25) is 19.3 Å². The number of hydrogen-bond acceptors (Lipinski definition) is 7. The molecule has 4 aliphatic heterocycles. The number of aliphatic hydroxyl groups is 1. The summed E-state index contributed by atoms with van der Waals surface area (Å²) in [5.74, 6) is -2.39. The highest BCUT2D eigenvalue weighted by Crippen LogP contribution is 2.63. The molecule has 2 unspecified atom stereocenters. The van der Waals surface area contributed by atoms with Crippen LogP contribution in [0.15, 0.2) is 30.3 Å². The van der Waals surface area contributed by atoms with Crippen LogP contribution in [0.5, 0.6) is 0 Å². The Morgan fingerprint density at radius 3 is 2.49 bits per heavy atom. The fraction of sp³-hybridized carbons (Fsp3) is 0.690. The van der Waals surface area contributed by atoms with Crippen molar-refractivity contribution in [3.05, 3.63) is 35.9 Å². The number of benzene rings is 1. The summed E-state index contributed by atoms with van der Waals surface area (Å²) in [5, 5.41) is 16.4. The number of morpholine rings is 1. The summed E-state index contributed by atoms with van der Waals surface area (Å²) < 4.78 is 12.1. The molecule has 1 aromatic rings. The third kappa shape index (κ3) is 4.96. The van der Waals surface area contributed by atoms with E-state index in [1.54, 1.807) is 4.90 Å². The molecule has 3 amide bonds. The van der Waals surface area contributed by atoms with Crippen molar-refractivity contribution < 1.29 is 29.0 Å². The molecule has 214 valence electrons. The number of likely N-dealkylation sites (tertiary alicyclic amines) is 1. The molecule has 0 aliphatic carbocycles. The fourth-order valence-corrected chi connectivity index (χ4v) is 7.20. The van der Waals surface area contributed by atoms with Gasteiger partial charge < -0.3 is 30.1 Å². The van der Waals surface area contributed by atoms with Gasteiger partial charge in [0.2, 0.25) is 17.7 Å². The number of nitrogens with zero attached hydrogens (tertiary/aromatic N) is 2. The molecule has 4 fully saturated rings. The van der Waals surface area contributed by atoms with Gasteiger partial charge in [0, 0.05) is 32.7 Å². The van der Waals surface area contributed by atoms with Gasteiger partial charge in [-0.15, -0.1) is 0 Å². The molecule has 10 heteroatoms. The quantitative estimate of drug-likeness (QED) is 0.395. The number of amides is 3. The van der Waals surface area contributed by atoms with Crippen LogP contribution >= 0.6 is 0 Å². The Morgan fingerprint density at radius 1 is 1.10 bits per heavy atom. The third-order valence-electron chi connectivity index (χ3n) is 9.20. The van der Waals surface area contributed by atoms with Crippen LogP contribution in [0.1, 0.15) is 39.2 Å². The lowest BCUT2D eigenvalue weighted by Crippen LogP contribution is -2.59. The Balaban J connectivity index is 1.40. The van der Waals surface area contributed by atoms with Crippen LogP contribution in [0, 0.1) is 17.8 Å². The second kappa shape index (κ2) is 11.2. The second-order valence-electron chi connectivity index (χ2n) is 11.9. The number of carbonyl (C=O) groups excluding carboxylic acids is 3. The van der Waals surface area contributed by atoms with Crippen molar-refractivity contribution in [2.24, 2.45) is 17.8 Å². The Morgan fingerprint density at radius 2 is 1.82 bits per heavy atom. The molecule has 4 saturated heterocycles. The van der Waals surface area contributed by atoms with E-state index in [0.29, 0.717) is 45.7 Å². The van der Waals surface area contributed by atoms with E-state index in [2.05, 4.69) is 15.5 Å². The summed E-state index contributed by atoms with van der Waals surface area (Å²) in [6.07, 6.45) is 1.09. The van der Waals surface area contributed by atoms with E-state index in [0.717, 1.165) is 18.7 Å². The molecule has 10 nitrogen and oxygen atoms in total. The van der Waals surface area contributed by atoms with Gasteiger partial charge in [0.25, 0.3) is 0 Å². The van der Waals surface area contributed by atoms with Gasteiger partial charge in [-0.1, -0.05) is 44.2 Å². The van der Waals surface area contributed by atoms with Crippen LogP contribution in [-0.4, -0.2) is 102 Å². The summed E-state index contributed by atoms with van der Waals surface area (Å²) in [6, 6.07) is 8.16. The van der Waals surface area contributed by atoms with E-state index in [-0.39, 0.29) is 30.2 Å². The highest BCUT2D eigenvalue weighted by Gasteiger charge is 2.78. The first-order valence-corrected chi connectivity index (χ1v) is 14.2. The maximum atomic E-state index is 14.2. The van der Waals surface area contributed by atoms with Gasteiger partial charge in [0.15, 0.2) is 0 Å². The number of rotatable bonds is 10. The molecule has 0 aromatic heterocycles. The topological polar surface area (TPSA) is 120 Å². The molecular weight excluding hydrogens is 500 g/mol. The minimum Gasteiger partial charge on any atom is -0.394 e. The molecule has 1 aromatic carbocycles. The maximum Gasteiger partial charge on any atom is 0.245 e. The molecule has 1 spiro atoms. The lowest BCUT2D eigenvalue weighted by Gasteiger charge is -2.38. The summed E-state index contributed by atoms with van der Waals surface area (Å²) >= 11 is 0. The van der Waals surface area contributed by atoms with Crippen LogP contribution in [0.25, 0.3) is 0 Å². The first-order chi connectivity index (χ1) is 18.7. The first-order valence-electron chi connectivity index (χ1n) is 14.2. The predicted octanol–water partition coefficient (Wildman–Crippen LogP) is 0.533. The van der Waals surface area contributed by atoms with E-state index in [4.69, 9.17) is 9.47 Å². The number of fused-ring (bicyclic) bond motifs is 1. The average molecular weight is 543 g/mol. The van der Waals surface area contributed by atoms with Crippen LogP contribution < -0.4 is 10.6 Å². The van der Waals surface area contributed by atoms with E-state index in [9.17, 15) is 19.5 Å². The monoisotopic (exact) mass is 542 g/mol. The lowest BCUT2D eigenvalue weighted by atomic mass is 9.66. The van der Waals surface area contributed by atoms with Crippen LogP contribution in [0.3, 0.4) is 0 Å². The second-order valence-corrected chi connectivity index (χ2v) is 11.9. The molecule has 3 N–H and O–H groups in total. The van der Waals surface area contributed by atoms with Crippen molar-refractivity contribution in [1.82, 2.24) is 20.4 Å². The number of ether oxygens (including phenoxy) is 2. The summed E-state index contributed by atoms with van der Waals surface area (Å²) in [5.41, 5.74) is -0.982. The lowest BCUT2D eigenvalue weighted by molar-refractivity contribution is -0.150. The fourth-order valence-electron chi connectivity index (χ4n) is 7.20. The van der Waals surface area contributed by atoms with Gasteiger partial charge in [0.05, 0.1) is 43.3 Å². The maximum absolute atomic E-state index is 14.2. The van der Waals surface area contributed by atoms with Crippen LogP contribution in [0.4, 0.5) is 0 Å². The number of nitrogens with one attached hydrogen (secondary N) is 2. The summed E-state index contributed by atoms with van der Waals surface area (Å²) in [4.78, 5) is 45.5. The van der Waals surface area contributed by atoms with E-state index >= 15 is 0 Å². The Hall–Kier alpha value is -2.53. The third-order valence-corrected chi connectivity index (χ3v) is 9.20. The van der Waals surface area contributed by atoms with Gasteiger partial charge in [0.1, 0.15) is 11.6 Å². The molecule has 39 heavy (non-hydrogen) atoms. The molecule has 0 saturated carbocycles. The summed E-state index contributed by atoms with van der Waals surface area (Å²) in [7, 11) is 0. The van der Waals surface area contributed by atoms with Crippen LogP contribution in [-0.2, 0) is 30.4 Å². The van der Waals surface area contributed by atoms with E-state index < -0.39 is 35.1 Å². The zero-order valence-corrected chi connectivity index (χ0v) is 23.2. The average Bonchev–Trinajstić information content (AvgIpc) is 3.50. The van der Waals surface area contributed by atoms with Crippen molar-refractivity contribution in [2.45, 2.75) is 63.4 Å². The number of aliphatic hydroxyl groups excluding tert-OH is 1. The van der Waals surface area contributed by atoms with E-state index in [1.165, 1.54) is 0 Å². The zero-order chi connectivity index (χ0) is 27.8. The number of carbonyl (C=O) groups is 3. The van der Waals surface area contributed by atoms with Gasteiger partial charge in [-0.05, 0) is 31.2 Å². The minimum atomic E-state index is -1.11.